The van der Waals surface area contributed by atoms with Gasteiger partial charge in [-0.25, -0.2) is 4.98 Å². The average molecular weight is 304 g/mol. The van der Waals surface area contributed by atoms with Crippen molar-refractivity contribution in [1.29, 1.82) is 0 Å². The monoisotopic (exact) mass is 304 g/mol. The van der Waals surface area contributed by atoms with Gasteiger partial charge in [0.05, 0.1) is 0 Å². The molecule has 1 amide bonds. The first-order valence-corrected chi connectivity index (χ1v) is 7.89. The molecule has 0 atom stereocenters. The summed E-state index contributed by atoms with van der Waals surface area (Å²) < 4.78 is 0. The Morgan fingerprint density at radius 2 is 2.29 bits per heavy atom. The summed E-state index contributed by atoms with van der Waals surface area (Å²) in [5.41, 5.74) is 1.42. The molecule has 0 aliphatic carbocycles. The maximum atomic E-state index is 12.0. The van der Waals surface area contributed by atoms with Crippen molar-refractivity contribution in [3.8, 4) is 0 Å². The molecule has 5 nitrogen and oxygen atoms in total. The molecule has 0 saturated carbocycles. The Morgan fingerprint density at radius 3 is 3.00 bits per heavy atom. The predicted octanol–water partition coefficient (Wildman–Crippen LogP) is 2.93. The van der Waals surface area contributed by atoms with Crippen LogP contribution in [0.25, 0.3) is 0 Å². The topological polar surface area (TPSA) is 66.9 Å². The van der Waals surface area contributed by atoms with Crippen LogP contribution in [0.3, 0.4) is 0 Å². The van der Waals surface area contributed by atoms with Crippen molar-refractivity contribution in [2.75, 3.05) is 11.9 Å². The van der Waals surface area contributed by atoms with Gasteiger partial charge in [-0.05, 0) is 24.0 Å². The number of nitrogens with one attached hydrogen (secondary N) is 2. The van der Waals surface area contributed by atoms with E-state index >= 15 is 0 Å². The predicted molar refractivity (Wildman–Crippen MR) is 85.5 cm³/mol. The van der Waals surface area contributed by atoms with Crippen LogP contribution in [0, 0.1) is 5.92 Å². The van der Waals surface area contributed by atoms with Crippen molar-refractivity contribution in [3.05, 3.63) is 41.2 Å². The summed E-state index contributed by atoms with van der Waals surface area (Å²) >= 11 is 1.46. The first kappa shape index (κ1) is 15.4. The van der Waals surface area contributed by atoms with E-state index < -0.39 is 0 Å². The van der Waals surface area contributed by atoms with Gasteiger partial charge < -0.3 is 10.6 Å². The molecule has 0 bridgehead atoms. The number of rotatable bonds is 7. The standard InChI is InChI=1S/C15H20N4OS/c1-11(2)5-7-17-15-19-13(10-21-15)14(20)18-9-12-4-3-6-16-8-12/h3-4,6,8,10-11H,5,7,9H2,1-2H3,(H,17,19)(H,18,20). The highest BCUT2D eigenvalue weighted by Crippen LogP contribution is 2.15. The molecule has 2 aromatic heterocycles. The first-order valence-electron chi connectivity index (χ1n) is 7.01. The van der Waals surface area contributed by atoms with Crippen LogP contribution < -0.4 is 10.6 Å². The third-order valence-electron chi connectivity index (χ3n) is 2.91. The van der Waals surface area contributed by atoms with Gasteiger partial charge >= 0.3 is 0 Å². The Bertz CT molecular complexity index is 568. The maximum absolute atomic E-state index is 12.0. The van der Waals surface area contributed by atoms with Gasteiger partial charge in [0.15, 0.2) is 5.13 Å². The van der Waals surface area contributed by atoms with Crippen LogP contribution in [0.5, 0.6) is 0 Å². The number of carbonyl (C=O) groups excluding carboxylic acids is 1. The van der Waals surface area contributed by atoms with E-state index in [1.54, 1.807) is 17.8 Å². The highest BCUT2D eigenvalue weighted by molar-refractivity contribution is 7.13. The third kappa shape index (κ3) is 5.15. The van der Waals surface area contributed by atoms with Crippen molar-refractivity contribution in [2.24, 2.45) is 5.92 Å². The van der Waals surface area contributed by atoms with Crippen LogP contribution in [-0.4, -0.2) is 22.4 Å². The minimum atomic E-state index is -0.160. The molecule has 112 valence electrons. The van der Waals surface area contributed by atoms with Gasteiger partial charge in [0, 0.05) is 30.9 Å². The fourth-order valence-corrected chi connectivity index (χ4v) is 2.42. The molecule has 6 heteroatoms. The lowest BCUT2D eigenvalue weighted by Crippen LogP contribution is -2.23. The summed E-state index contributed by atoms with van der Waals surface area (Å²) in [5.74, 6) is 0.492. The van der Waals surface area contributed by atoms with Crippen molar-refractivity contribution in [3.63, 3.8) is 0 Å². The number of anilines is 1. The molecule has 0 saturated heterocycles. The zero-order valence-electron chi connectivity index (χ0n) is 12.3. The van der Waals surface area contributed by atoms with E-state index in [4.69, 9.17) is 0 Å². The second-order valence-corrected chi connectivity index (χ2v) is 6.05. The molecule has 0 aliphatic rings. The highest BCUT2D eigenvalue weighted by Gasteiger charge is 2.10. The Labute approximate surface area is 128 Å². The van der Waals surface area contributed by atoms with E-state index in [1.165, 1.54) is 11.3 Å². The Morgan fingerprint density at radius 1 is 1.43 bits per heavy atom. The van der Waals surface area contributed by atoms with Gasteiger partial charge in [0.1, 0.15) is 5.69 Å². The van der Waals surface area contributed by atoms with Gasteiger partial charge in [0.25, 0.3) is 5.91 Å². The van der Waals surface area contributed by atoms with Crippen LogP contribution in [-0.2, 0) is 6.54 Å². The number of carbonyl (C=O) groups is 1. The minimum absolute atomic E-state index is 0.160. The van der Waals surface area contributed by atoms with Crippen LogP contribution in [0.15, 0.2) is 29.9 Å². The van der Waals surface area contributed by atoms with Crippen molar-refractivity contribution < 1.29 is 4.79 Å². The zero-order valence-corrected chi connectivity index (χ0v) is 13.1. The Kier molecular flexibility index (Phi) is 5.68. The van der Waals surface area contributed by atoms with Crippen molar-refractivity contribution in [1.82, 2.24) is 15.3 Å². The zero-order chi connectivity index (χ0) is 15.1. The van der Waals surface area contributed by atoms with E-state index in [9.17, 15) is 4.79 Å². The summed E-state index contributed by atoms with van der Waals surface area (Å²) in [6.07, 6.45) is 4.53. The summed E-state index contributed by atoms with van der Waals surface area (Å²) in [6.45, 7) is 5.70. The lowest BCUT2D eigenvalue weighted by molar-refractivity contribution is 0.0946. The van der Waals surface area contributed by atoms with Gasteiger partial charge in [-0.1, -0.05) is 19.9 Å². The number of nitrogens with zero attached hydrogens (tertiary/aromatic N) is 2. The minimum Gasteiger partial charge on any atom is -0.361 e. The summed E-state index contributed by atoms with van der Waals surface area (Å²) in [7, 11) is 0. The molecule has 0 fully saturated rings. The summed E-state index contributed by atoms with van der Waals surface area (Å²) in [4.78, 5) is 20.3. The quantitative estimate of drug-likeness (QED) is 0.825. The molecule has 0 aromatic carbocycles. The molecule has 0 unspecified atom stereocenters. The van der Waals surface area contributed by atoms with Crippen molar-refractivity contribution in [2.45, 2.75) is 26.8 Å². The van der Waals surface area contributed by atoms with Crippen LogP contribution in [0.2, 0.25) is 0 Å². The van der Waals surface area contributed by atoms with Crippen molar-refractivity contribution >= 4 is 22.4 Å². The lowest BCUT2D eigenvalue weighted by Gasteiger charge is -2.05. The number of thiazole rings is 1. The molecule has 0 aliphatic heterocycles. The molecule has 21 heavy (non-hydrogen) atoms. The normalized spacial score (nSPS) is 10.6. The number of hydrogen-bond donors (Lipinski definition) is 2. The number of aromatic nitrogens is 2. The highest BCUT2D eigenvalue weighted by atomic mass is 32.1. The van der Waals surface area contributed by atoms with Gasteiger partial charge in [-0.15, -0.1) is 11.3 Å². The SMILES string of the molecule is CC(C)CCNc1nc(C(=O)NCc2cccnc2)cs1. The number of hydrogen-bond acceptors (Lipinski definition) is 5. The third-order valence-corrected chi connectivity index (χ3v) is 3.71. The number of amides is 1. The average Bonchev–Trinajstić information content (AvgIpc) is 2.94. The Balaban J connectivity index is 1.81. The fraction of sp³-hybridized carbons (Fsp3) is 0.400. The van der Waals surface area contributed by atoms with E-state index in [1.807, 2.05) is 12.1 Å². The summed E-state index contributed by atoms with van der Waals surface area (Å²) in [6, 6.07) is 3.77. The van der Waals surface area contributed by atoms with Gasteiger partial charge in [-0.3, -0.25) is 9.78 Å². The van der Waals surface area contributed by atoms with E-state index in [-0.39, 0.29) is 5.91 Å². The second kappa shape index (κ2) is 7.73. The molecule has 2 aromatic rings. The van der Waals surface area contributed by atoms with Crippen LogP contribution in [0.1, 0.15) is 36.3 Å². The molecule has 2 N–H and O–H groups in total. The molecule has 0 radical (unpaired) electrons. The largest absolute Gasteiger partial charge is 0.361 e. The van der Waals surface area contributed by atoms with Gasteiger partial charge in [0.2, 0.25) is 0 Å². The van der Waals surface area contributed by atoms with E-state index in [0.29, 0.717) is 18.2 Å². The Hall–Kier alpha value is -1.95. The molecular weight excluding hydrogens is 284 g/mol. The lowest BCUT2D eigenvalue weighted by atomic mass is 10.1. The summed E-state index contributed by atoms with van der Waals surface area (Å²) in [5, 5.41) is 8.65. The van der Waals surface area contributed by atoms with Gasteiger partial charge in [-0.2, -0.15) is 0 Å². The van der Waals surface area contributed by atoms with E-state index in [0.717, 1.165) is 23.7 Å². The maximum Gasteiger partial charge on any atom is 0.271 e. The number of pyridine rings is 1. The van der Waals surface area contributed by atoms with Crippen LogP contribution >= 0.6 is 11.3 Å². The smallest absolute Gasteiger partial charge is 0.271 e. The fourth-order valence-electron chi connectivity index (χ4n) is 1.70. The molecule has 0 spiro atoms. The second-order valence-electron chi connectivity index (χ2n) is 5.19. The molecular formula is C15H20N4OS. The molecule has 2 rings (SSSR count). The molecule has 2 heterocycles. The first-order chi connectivity index (χ1) is 10.1. The van der Waals surface area contributed by atoms with E-state index in [2.05, 4.69) is 34.4 Å². The van der Waals surface area contributed by atoms with Crippen LogP contribution in [0.4, 0.5) is 5.13 Å².